The highest BCUT2D eigenvalue weighted by Gasteiger charge is 2.15. The van der Waals surface area contributed by atoms with Crippen molar-refractivity contribution >= 4 is 10.0 Å². The summed E-state index contributed by atoms with van der Waals surface area (Å²) in [5, 5.41) is 0. The van der Waals surface area contributed by atoms with Crippen LogP contribution in [-0.4, -0.2) is 21.0 Å². The van der Waals surface area contributed by atoms with Crippen molar-refractivity contribution < 1.29 is 8.42 Å². The van der Waals surface area contributed by atoms with Crippen LogP contribution in [0.4, 0.5) is 0 Å². The molecule has 0 aliphatic rings. The van der Waals surface area contributed by atoms with E-state index in [2.05, 4.69) is 4.72 Å². The summed E-state index contributed by atoms with van der Waals surface area (Å²) < 4.78 is 26.4. The van der Waals surface area contributed by atoms with Crippen LogP contribution in [0.5, 0.6) is 0 Å². The Morgan fingerprint density at radius 2 is 1.94 bits per heavy atom. The van der Waals surface area contributed by atoms with E-state index in [0.717, 1.165) is 5.56 Å². The van der Waals surface area contributed by atoms with Gasteiger partial charge in [0.05, 0.1) is 4.90 Å². The first-order chi connectivity index (χ1) is 7.83. The molecule has 0 aliphatic carbocycles. The monoisotopic (exact) mass is 256 g/mol. The Kier molecular flexibility index (Phi) is 4.68. The number of nitrogens with two attached hydrogens (primary N) is 1. The van der Waals surface area contributed by atoms with E-state index in [4.69, 9.17) is 5.73 Å². The smallest absolute Gasteiger partial charge is 0.240 e. The maximum Gasteiger partial charge on any atom is 0.240 e. The molecule has 1 atom stereocenters. The Hall–Kier alpha value is -0.910. The van der Waals surface area contributed by atoms with Gasteiger partial charge in [-0.25, -0.2) is 13.1 Å². The molecule has 96 valence electrons. The van der Waals surface area contributed by atoms with E-state index in [1.165, 1.54) is 0 Å². The van der Waals surface area contributed by atoms with Crippen molar-refractivity contribution in [2.24, 2.45) is 5.73 Å². The average molecular weight is 256 g/mol. The lowest BCUT2D eigenvalue weighted by atomic mass is 10.0. The molecule has 0 aliphatic heterocycles. The first kappa shape index (κ1) is 14.2. The van der Waals surface area contributed by atoms with Crippen molar-refractivity contribution in [1.29, 1.82) is 0 Å². The van der Waals surface area contributed by atoms with Gasteiger partial charge in [-0.3, -0.25) is 0 Å². The van der Waals surface area contributed by atoms with E-state index >= 15 is 0 Å². The van der Waals surface area contributed by atoms with Crippen LogP contribution in [0.25, 0.3) is 0 Å². The second-order valence-corrected chi connectivity index (χ2v) is 6.32. The lowest BCUT2D eigenvalue weighted by Crippen LogP contribution is -2.35. The zero-order valence-corrected chi connectivity index (χ0v) is 11.3. The highest BCUT2D eigenvalue weighted by Crippen LogP contribution is 2.18. The number of rotatable bonds is 5. The Morgan fingerprint density at radius 1 is 1.29 bits per heavy atom. The molecule has 0 heterocycles. The molecule has 0 aromatic heterocycles. The fraction of sp³-hybridized carbons (Fsp3) is 0.500. The second-order valence-electron chi connectivity index (χ2n) is 4.56. The fourth-order valence-electron chi connectivity index (χ4n) is 1.37. The van der Waals surface area contributed by atoms with Crippen molar-refractivity contribution in [3.63, 3.8) is 0 Å². The summed E-state index contributed by atoms with van der Waals surface area (Å²) in [5.41, 5.74) is 6.54. The first-order valence-electron chi connectivity index (χ1n) is 5.68. The molecule has 0 saturated heterocycles. The molecule has 1 aromatic rings. The van der Waals surface area contributed by atoms with E-state index in [-0.39, 0.29) is 12.6 Å². The lowest BCUT2D eigenvalue weighted by molar-refractivity contribution is 0.573. The molecule has 4 nitrogen and oxygen atoms in total. The van der Waals surface area contributed by atoms with Crippen molar-refractivity contribution in [2.45, 2.75) is 37.6 Å². The van der Waals surface area contributed by atoms with Crippen LogP contribution in [0.1, 0.15) is 32.3 Å². The van der Waals surface area contributed by atoms with E-state index in [9.17, 15) is 8.42 Å². The van der Waals surface area contributed by atoms with Gasteiger partial charge in [-0.05, 0) is 30.5 Å². The Labute approximate surface area is 103 Å². The molecule has 0 spiro atoms. The van der Waals surface area contributed by atoms with Gasteiger partial charge in [-0.1, -0.05) is 26.0 Å². The quantitative estimate of drug-likeness (QED) is 0.837. The van der Waals surface area contributed by atoms with Crippen molar-refractivity contribution in [3.8, 4) is 0 Å². The van der Waals surface area contributed by atoms with E-state index < -0.39 is 10.0 Å². The molecule has 0 amide bonds. The maximum absolute atomic E-state index is 11.9. The molecule has 0 saturated carbocycles. The molecular weight excluding hydrogens is 236 g/mol. The summed E-state index contributed by atoms with van der Waals surface area (Å²) >= 11 is 0. The Bertz CT molecular complexity index is 467. The lowest BCUT2D eigenvalue weighted by Gasteiger charge is -2.11. The van der Waals surface area contributed by atoms with E-state index in [0.29, 0.717) is 10.8 Å². The van der Waals surface area contributed by atoms with Crippen LogP contribution in [0.15, 0.2) is 29.2 Å². The third kappa shape index (κ3) is 4.11. The summed E-state index contributed by atoms with van der Waals surface area (Å²) in [6.45, 7) is 6.06. The zero-order chi connectivity index (χ0) is 13.1. The molecule has 0 fully saturated rings. The highest BCUT2D eigenvalue weighted by atomic mass is 32.2. The molecule has 3 N–H and O–H groups in total. The fourth-order valence-corrected chi connectivity index (χ4v) is 2.56. The van der Waals surface area contributed by atoms with Gasteiger partial charge in [0.2, 0.25) is 10.0 Å². The minimum atomic E-state index is -3.44. The third-order valence-electron chi connectivity index (χ3n) is 2.43. The predicted molar refractivity (Wildman–Crippen MR) is 69.4 cm³/mol. The standard InChI is InChI=1S/C12H20N2O2S/c1-9(2)11-5-4-6-12(7-11)17(15,16)14-8-10(3)13/h4-7,9-10,14H,8,13H2,1-3H3/t10-/m1/s1. The van der Waals surface area contributed by atoms with Crippen LogP contribution in [0.2, 0.25) is 0 Å². The van der Waals surface area contributed by atoms with Crippen molar-refractivity contribution in [1.82, 2.24) is 4.72 Å². The van der Waals surface area contributed by atoms with Crippen molar-refractivity contribution in [2.75, 3.05) is 6.54 Å². The number of nitrogens with one attached hydrogen (secondary N) is 1. The van der Waals surface area contributed by atoms with Crippen LogP contribution in [0.3, 0.4) is 0 Å². The first-order valence-corrected chi connectivity index (χ1v) is 7.16. The largest absolute Gasteiger partial charge is 0.327 e. The summed E-state index contributed by atoms with van der Waals surface area (Å²) in [4.78, 5) is 0.296. The summed E-state index contributed by atoms with van der Waals surface area (Å²) in [6, 6.07) is 6.78. The minimum Gasteiger partial charge on any atom is -0.327 e. The molecule has 5 heteroatoms. The second kappa shape index (κ2) is 5.62. The summed E-state index contributed by atoms with van der Waals surface area (Å²) in [7, 11) is -3.44. The van der Waals surface area contributed by atoms with Gasteiger partial charge in [0.1, 0.15) is 0 Å². The Balaban J connectivity index is 2.95. The normalized spacial score (nSPS) is 13.9. The highest BCUT2D eigenvalue weighted by molar-refractivity contribution is 7.89. The van der Waals surface area contributed by atoms with Gasteiger partial charge in [0, 0.05) is 12.6 Å². The molecule has 0 radical (unpaired) electrons. The van der Waals surface area contributed by atoms with Crippen LogP contribution >= 0.6 is 0 Å². The van der Waals surface area contributed by atoms with Crippen LogP contribution in [0, 0.1) is 0 Å². The average Bonchev–Trinajstić information content (AvgIpc) is 2.27. The van der Waals surface area contributed by atoms with Gasteiger partial charge in [-0.15, -0.1) is 0 Å². The number of hydrogen-bond acceptors (Lipinski definition) is 3. The molecular formula is C12H20N2O2S. The third-order valence-corrected chi connectivity index (χ3v) is 3.85. The van der Waals surface area contributed by atoms with Gasteiger partial charge < -0.3 is 5.73 Å². The Morgan fingerprint density at radius 3 is 2.47 bits per heavy atom. The molecule has 0 unspecified atom stereocenters. The molecule has 17 heavy (non-hydrogen) atoms. The van der Waals surface area contributed by atoms with E-state index in [1.807, 2.05) is 19.9 Å². The van der Waals surface area contributed by atoms with Crippen molar-refractivity contribution in [3.05, 3.63) is 29.8 Å². The molecule has 0 bridgehead atoms. The number of sulfonamides is 1. The zero-order valence-electron chi connectivity index (χ0n) is 10.5. The van der Waals surface area contributed by atoms with E-state index in [1.54, 1.807) is 25.1 Å². The predicted octanol–water partition coefficient (Wildman–Crippen LogP) is 1.44. The van der Waals surface area contributed by atoms with Crippen LogP contribution < -0.4 is 10.5 Å². The SMILES string of the molecule is CC(C)c1cccc(S(=O)(=O)NC[C@@H](C)N)c1. The molecule has 1 aromatic carbocycles. The van der Waals surface area contributed by atoms with Gasteiger partial charge >= 0.3 is 0 Å². The van der Waals surface area contributed by atoms with Gasteiger partial charge in [0.25, 0.3) is 0 Å². The molecule has 1 rings (SSSR count). The topological polar surface area (TPSA) is 72.2 Å². The summed E-state index contributed by atoms with van der Waals surface area (Å²) in [6.07, 6.45) is 0. The number of hydrogen-bond donors (Lipinski definition) is 2. The van der Waals surface area contributed by atoms with Gasteiger partial charge in [0.15, 0.2) is 0 Å². The van der Waals surface area contributed by atoms with Crippen LogP contribution in [-0.2, 0) is 10.0 Å². The van der Waals surface area contributed by atoms with Gasteiger partial charge in [-0.2, -0.15) is 0 Å². The maximum atomic E-state index is 11.9. The summed E-state index contributed by atoms with van der Waals surface area (Å²) in [5.74, 6) is 0.304. The minimum absolute atomic E-state index is 0.196. The number of benzene rings is 1.